The molecule has 1 heterocycles. The molecule has 2 N–H and O–H groups in total. The van der Waals surface area contributed by atoms with Gasteiger partial charge in [-0.15, -0.1) is 12.4 Å². The van der Waals surface area contributed by atoms with E-state index in [0.717, 1.165) is 12.8 Å². The lowest BCUT2D eigenvalue weighted by atomic mass is 10.1. The Kier molecular flexibility index (Phi) is 7.98. The second-order valence-corrected chi connectivity index (χ2v) is 5.53. The van der Waals surface area contributed by atoms with Crippen molar-refractivity contribution in [2.75, 3.05) is 26.7 Å². The summed E-state index contributed by atoms with van der Waals surface area (Å²) in [6, 6.07) is 6.37. The second kappa shape index (κ2) is 9.47. The molecule has 5 nitrogen and oxygen atoms in total. The number of likely N-dealkylation sites (tertiary alicyclic amines) is 1. The average Bonchev–Trinajstić information content (AvgIpc) is 2.52. The van der Waals surface area contributed by atoms with Gasteiger partial charge in [0.1, 0.15) is 5.82 Å². The van der Waals surface area contributed by atoms with Gasteiger partial charge in [-0.25, -0.2) is 4.39 Å². The zero-order valence-electron chi connectivity index (χ0n) is 13.2. The summed E-state index contributed by atoms with van der Waals surface area (Å²) in [4.78, 5) is 25.6. The molecule has 7 heteroatoms. The van der Waals surface area contributed by atoms with Crippen LogP contribution in [-0.4, -0.2) is 49.4 Å². The first-order valence-corrected chi connectivity index (χ1v) is 7.54. The Morgan fingerprint density at radius 1 is 1.30 bits per heavy atom. The third-order valence-electron chi connectivity index (χ3n) is 3.95. The zero-order valence-corrected chi connectivity index (χ0v) is 14.0. The lowest BCUT2D eigenvalue weighted by molar-refractivity contribution is -0.133. The van der Waals surface area contributed by atoms with Crippen molar-refractivity contribution in [3.63, 3.8) is 0 Å². The molecule has 1 aliphatic heterocycles. The molecule has 0 saturated carbocycles. The number of nitrogens with one attached hydrogen (secondary N) is 2. The van der Waals surface area contributed by atoms with Crippen molar-refractivity contribution < 1.29 is 14.0 Å². The van der Waals surface area contributed by atoms with Crippen LogP contribution in [0.25, 0.3) is 0 Å². The van der Waals surface area contributed by atoms with E-state index >= 15 is 0 Å². The largest absolute Gasteiger partial charge is 0.347 e. The van der Waals surface area contributed by atoms with Crippen LogP contribution >= 0.6 is 12.4 Å². The average molecular weight is 344 g/mol. The van der Waals surface area contributed by atoms with Crippen molar-refractivity contribution in [1.82, 2.24) is 15.5 Å². The summed E-state index contributed by atoms with van der Waals surface area (Å²) in [7, 11) is 1.93. The van der Waals surface area contributed by atoms with Crippen LogP contribution in [-0.2, 0) is 16.0 Å². The van der Waals surface area contributed by atoms with Gasteiger partial charge in [0.15, 0.2) is 0 Å². The molecule has 1 aromatic rings. The molecule has 1 fully saturated rings. The Labute approximate surface area is 142 Å². The molecule has 0 radical (unpaired) electrons. The van der Waals surface area contributed by atoms with Crippen LogP contribution in [0.4, 0.5) is 4.39 Å². The fourth-order valence-corrected chi connectivity index (χ4v) is 2.60. The summed E-state index contributed by atoms with van der Waals surface area (Å²) >= 11 is 0. The van der Waals surface area contributed by atoms with Gasteiger partial charge in [-0.05, 0) is 37.6 Å². The number of rotatable bonds is 5. The van der Waals surface area contributed by atoms with Gasteiger partial charge in [-0.1, -0.05) is 12.1 Å². The maximum absolute atomic E-state index is 13.0. The van der Waals surface area contributed by atoms with E-state index in [1.807, 2.05) is 7.05 Å². The number of hydrogen-bond donors (Lipinski definition) is 2. The number of amides is 2. The van der Waals surface area contributed by atoms with E-state index in [-0.39, 0.29) is 43.0 Å². The molecule has 0 unspecified atom stereocenters. The van der Waals surface area contributed by atoms with Crippen LogP contribution in [0, 0.1) is 5.82 Å². The lowest BCUT2D eigenvalue weighted by Gasteiger charge is -2.31. The Morgan fingerprint density at radius 3 is 2.61 bits per heavy atom. The highest BCUT2D eigenvalue weighted by molar-refractivity contribution is 5.86. The molecule has 128 valence electrons. The van der Waals surface area contributed by atoms with Crippen molar-refractivity contribution in [1.29, 1.82) is 0 Å². The summed E-state index contributed by atoms with van der Waals surface area (Å²) in [5, 5.41) is 5.81. The predicted molar refractivity (Wildman–Crippen MR) is 89.0 cm³/mol. The SMILES string of the molecule is CNC1CCN(C(=O)CNC(=O)Cc2cccc(F)c2)CC1.Cl. The highest BCUT2D eigenvalue weighted by Gasteiger charge is 2.21. The van der Waals surface area contributed by atoms with E-state index in [4.69, 9.17) is 0 Å². The smallest absolute Gasteiger partial charge is 0.241 e. The van der Waals surface area contributed by atoms with Crippen LogP contribution in [0.5, 0.6) is 0 Å². The van der Waals surface area contributed by atoms with Gasteiger partial charge in [0.05, 0.1) is 13.0 Å². The third-order valence-corrected chi connectivity index (χ3v) is 3.95. The van der Waals surface area contributed by atoms with Crippen LogP contribution < -0.4 is 10.6 Å². The van der Waals surface area contributed by atoms with Gasteiger partial charge < -0.3 is 15.5 Å². The number of carbonyl (C=O) groups is 2. The standard InChI is InChI=1S/C16H22FN3O2.ClH/c1-18-14-5-7-20(8-6-14)16(22)11-19-15(21)10-12-3-2-4-13(17)9-12;/h2-4,9,14,18H,5-8,10-11H2,1H3,(H,19,21);1H. The lowest BCUT2D eigenvalue weighted by Crippen LogP contribution is -2.47. The number of piperidine rings is 1. The topological polar surface area (TPSA) is 61.4 Å². The van der Waals surface area contributed by atoms with Crippen LogP contribution in [0.3, 0.4) is 0 Å². The highest BCUT2D eigenvalue weighted by Crippen LogP contribution is 2.09. The minimum atomic E-state index is -0.367. The zero-order chi connectivity index (χ0) is 15.9. The molecular formula is C16H23ClFN3O2. The summed E-state index contributed by atoms with van der Waals surface area (Å²) in [6.45, 7) is 1.42. The molecule has 0 aliphatic carbocycles. The fraction of sp³-hybridized carbons (Fsp3) is 0.500. The molecule has 1 saturated heterocycles. The molecule has 0 bridgehead atoms. The molecule has 0 spiro atoms. The molecule has 0 aromatic heterocycles. The summed E-state index contributed by atoms with van der Waals surface area (Å²) < 4.78 is 13.0. The van der Waals surface area contributed by atoms with Gasteiger partial charge in [0.25, 0.3) is 0 Å². The summed E-state index contributed by atoms with van der Waals surface area (Å²) in [5.74, 6) is -0.708. The van der Waals surface area contributed by atoms with E-state index in [1.165, 1.54) is 12.1 Å². The van der Waals surface area contributed by atoms with Crippen molar-refractivity contribution in [3.8, 4) is 0 Å². The molecule has 0 atom stereocenters. The summed E-state index contributed by atoms with van der Waals surface area (Å²) in [6.07, 6.45) is 1.94. The first-order chi connectivity index (χ1) is 10.6. The molecule has 1 aromatic carbocycles. The van der Waals surface area contributed by atoms with Crippen LogP contribution in [0.1, 0.15) is 18.4 Å². The van der Waals surface area contributed by atoms with E-state index in [9.17, 15) is 14.0 Å². The van der Waals surface area contributed by atoms with Crippen molar-refractivity contribution in [2.45, 2.75) is 25.3 Å². The molecule has 23 heavy (non-hydrogen) atoms. The van der Waals surface area contributed by atoms with Crippen LogP contribution in [0.15, 0.2) is 24.3 Å². The Bertz CT molecular complexity index is 534. The summed E-state index contributed by atoms with van der Waals surface area (Å²) in [5.41, 5.74) is 0.597. The first-order valence-electron chi connectivity index (χ1n) is 7.54. The Balaban J connectivity index is 0.00000264. The number of halogens is 2. The van der Waals surface area contributed by atoms with Crippen molar-refractivity contribution in [3.05, 3.63) is 35.6 Å². The normalized spacial score (nSPS) is 15.0. The number of hydrogen-bond acceptors (Lipinski definition) is 3. The van der Waals surface area contributed by atoms with E-state index < -0.39 is 0 Å². The number of benzene rings is 1. The quantitative estimate of drug-likeness (QED) is 0.842. The number of nitrogens with zero attached hydrogens (tertiary/aromatic N) is 1. The minimum absolute atomic E-state index is 0. The molecular weight excluding hydrogens is 321 g/mol. The van der Waals surface area contributed by atoms with Gasteiger partial charge in [0.2, 0.25) is 11.8 Å². The van der Waals surface area contributed by atoms with Crippen molar-refractivity contribution in [2.24, 2.45) is 0 Å². The van der Waals surface area contributed by atoms with Gasteiger partial charge in [-0.3, -0.25) is 9.59 Å². The molecule has 2 rings (SSSR count). The fourth-order valence-electron chi connectivity index (χ4n) is 2.60. The maximum Gasteiger partial charge on any atom is 0.241 e. The second-order valence-electron chi connectivity index (χ2n) is 5.53. The molecule has 2 amide bonds. The monoisotopic (exact) mass is 343 g/mol. The number of carbonyl (C=O) groups excluding carboxylic acids is 2. The highest BCUT2D eigenvalue weighted by atomic mass is 35.5. The van der Waals surface area contributed by atoms with Gasteiger partial charge in [-0.2, -0.15) is 0 Å². The maximum atomic E-state index is 13.0. The Morgan fingerprint density at radius 2 is 2.00 bits per heavy atom. The predicted octanol–water partition coefficient (Wildman–Crippen LogP) is 1.12. The minimum Gasteiger partial charge on any atom is -0.347 e. The van der Waals surface area contributed by atoms with Gasteiger partial charge in [0, 0.05) is 19.1 Å². The Hall–Kier alpha value is -1.66. The first kappa shape index (κ1) is 19.4. The van der Waals surface area contributed by atoms with E-state index in [0.29, 0.717) is 24.7 Å². The molecule has 1 aliphatic rings. The van der Waals surface area contributed by atoms with Crippen LogP contribution in [0.2, 0.25) is 0 Å². The van der Waals surface area contributed by atoms with Crippen molar-refractivity contribution >= 4 is 24.2 Å². The van der Waals surface area contributed by atoms with Gasteiger partial charge >= 0.3 is 0 Å². The van der Waals surface area contributed by atoms with E-state index in [2.05, 4.69) is 10.6 Å². The third kappa shape index (κ3) is 6.15. The van der Waals surface area contributed by atoms with E-state index in [1.54, 1.807) is 17.0 Å².